The SMILES string of the molecule is CCOC(=O)Nn1cnc2c(Cl)ncnc21. The Kier molecular flexibility index (Phi) is 2.86. The Labute approximate surface area is 95.4 Å². The third-order valence-corrected chi connectivity index (χ3v) is 2.05. The minimum atomic E-state index is -0.587. The van der Waals surface area contributed by atoms with Crippen molar-refractivity contribution in [3.05, 3.63) is 17.8 Å². The summed E-state index contributed by atoms with van der Waals surface area (Å²) in [7, 11) is 0. The second-order valence-electron chi connectivity index (χ2n) is 2.78. The molecule has 0 saturated carbocycles. The van der Waals surface area contributed by atoms with Gasteiger partial charge in [0.05, 0.1) is 6.61 Å². The zero-order chi connectivity index (χ0) is 11.5. The average Bonchev–Trinajstić information content (AvgIpc) is 2.64. The Hall–Kier alpha value is -1.89. The summed E-state index contributed by atoms with van der Waals surface area (Å²) in [5, 5.41) is 0.231. The van der Waals surface area contributed by atoms with E-state index < -0.39 is 6.09 Å². The Morgan fingerprint density at radius 1 is 1.56 bits per heavy atom. The van der Waals surface area contributed by atoms with Crippen LogP contribution in [-0.4, -0.2) is 32.3 Å². The lowest BCUT2D eigenvalue weighted by Gasteiger charge is -2.05. The molecule has 16 heavy (non-hydrogen) atoms. The van der Waals surface area contributed by atoms with Crippen LogP contribution in [0.3, 0.4) is 0 Å². The number of aromatic nitrogens is 4. The van der Waals surface area contributed by atoms with Gasteiger partial charge >= 0.3 is 6.09 Å². The highest BCUT2D eigenvalue weighted by atomic mass is 35.5. The molecule has 0 unspecified atom stereocenters. The van der Waals surface area contributed by atoms with Gasteiger partial charge in [-0.15, -0.1) is 0 Å². The number of nitrogens with one attached hydrogen (secondary N) is 1. The van der Waals surface area contributed by atoms with Gasteiger partial charge in [0.15, 0.2) is 10.8 Å². The van der Waals surface area contributed by atoms with E-state index >= 15 is 0 Å². The number of hydrogen-bond acceptors (Lipinski definition) is 5. The van der Waals surface area contributed by atoms with Gasteiger partial charge in [-0.25, -0.2) is 29.8 Å². The molecule has 0 fully saturated rings. The summed E-state index contributed by atoms with van der Waals surface area (Å²) >= 11 is 5.80. The number of fused-ring (bicyclic) bond motifs is 1. The van der Waals surface area contributed by atoms with Crippen molar-refractivity contribution in [3.8, 4) is 0 Å². The van der Waals surface area contributed by atoms with Crippen molar-refractivity contribution in [2.75, 3.05) is 12.0 Å². The molecular weight excluding hydrogens is 234 g/mol. The van der Waals surface area contributed by atoms with Crippen LogP contribution in [0.4, 0.5) is 4.79 Å². The highest BCUT2D eigenvalue weighted by molar-refractivity contribution is 6.33. The van der Waals surface area contributed by atoms with E-state index in [0.717, 1.165) is 0 Å². The van der Waals surface area contributed by atoms with E-state index in [1.807, 2.05) is 0 Å². The van der Waals surface area contributed by atoms with Gasteiger partial charge in [-0.05, 0) is 6.92 Å². The van der Waals surface area contributed by atoms with Gasteiger partial charge in [-0.1, -0.05) is 11.6 Å². The number of imidazole rings is 1. The summed E-state index contributed by atoms with van der Waals surface area (Å²) < 4.78 is 6.04. The van der Waals surface area contributed by atoms with E-state index in [4.69, 9.17) is 16.3 Å². The Bertz CT molecular complexity index is 526. The molecule has 0 bridgehead atoms. The van der Waals surface area contributed by atoms with Gasteiger partial charge in [0.2, 0.25) is 0 Å². The number of rotatable bonds is 2. The van der Waals surface area contributed by atoms with Crippen molar-refractivity contribution in [2.45, 2.75) is 6.92 Å². The molecule has 2 aromatic rings. The number of nitrogens with zero attached hydrogens (tertiary/aromatic N) is 4. The van der Waals surface area contributed by atoms with Crippen molar-refractivity contribution < 1.29 is 9.53 Å². The summed E-state index contributed by atoms with van der Waals surface area (Å²) in [5.74, 6) is 0. The number of ether oxygens (including phenoxy) is 1. The van der Waals surface area contributed by atoms with Gasteiger partial charge in [0.1, 0.15) is 18.2 Å². The van der Waals surface area contributed by atoms with Crippen LogP contribution < -0.4 is 5.43 Å². The second-order valence-corrected chi connectivity index (χ2v) is 3.14. The zero-order valence-electron chi connectivity index (χ0n) is 8.35. The van der Waals surface area contributed by atoms with Crippen LogP contribution >= 0.6 is 11.6 Å². The monoisotopic (exact) mass is 241 g/mol. The van der Waals surface area contributed by atoms with Crippen molar-refractivity contribution >= 4 is 28.9 Å². The van der Waals surface area contributed by atoms with E-state index in [9.17, 15) is 4.79 Å². The molecular formula is C8H8ClN5O2. The molecule has 2 aromatic heterocycles. The molecule has 0 radical (unpaired) electrons. The van der Waals surface area contributed by atoms with Crippen molar-refractivity contribution in [2.24, 2.45) is 0 Å². The lowest BCUT2D eigenvalue weighted by atomic mass is 10.6. The molecule has 1 amide bonds. The standard InChI is InChI=1S/C8H8ClN5O2/c1-2-16-8(15)13-14-4-12-5-6(9)10-3-11-7(5)14/h3-4H,2H2,1H3,(H,13,15). The van der Waals surface area contributed by atoms with Gasteiger partial charge in [0, 0.05) is 0 Å². The molecule has 1 N–H and O–H groups in total. The summed E-state index contributed by atoms with van der Waals surface area (Å²) in [6.45, 7) is 2.00. The molecule has 2 rings (SSSR count). The molecule has 0 aliphatic heterocycles. The maximum absolute atomic E-state index is 11.2. The normalized spacial score (nSPS) is 10.4. The fraction of sp³-hybridized carbons (Fsp3) is 0.250. The fourth-order valence-corrected chi connectivity index (χ4v) is 1.33. The smallest absolute Gasteiger partial charge is 0.426 e. The Morgan fingerprint density at radius 3 is 3.12 bits per heavy atom. The van der Waals surface area contributed by atoms with Crippen LogP contribution in [0.1, 0.15) is 6.92 Å². The molecule has 0 aromatic carbocycles. The van der Waals surface area contributed by atoms with Gasteiger partial charge in [-0.2, -0.15) is 0 Å². The molecule has 0 aliphatic carbocycles. The first-order chi connectivity index (χ1) is 7.72. The lowest BCUT2D eigenvalue weighted by Crippen LogP contribution is -2.23. The fourth-order valence-electron chi connectivity index (χ4n) is 1.15. The maximum atomic E-state index is 11.2. The van der Waals surface area contributed by atoms with Gasteiger partial charge < -0.3 is 4.74 Å². The van der Waals surface area contributed by atoms with Gasteiger partial charge in [0.25, 0.3) is 0 Å². The van der Waals surface area contributed by atoms with E-state index in [0.29, 0.717) is 11.2 Å². The molecule has 84 valence electrons. The molecule has 0 saturated heterocycles. The first kappa shape index (κ1) is 10.6. The van der Waals surface area contributed by atoms with Crippen LogP contribution in [-0.2, 0) is 4.74 Å². The van der Waals surface area contributed by atoms with Crippen LogP contribution in [0.25, 0.3) is 11.2 Å². The molecule has 8 heteroatoms. The third-order valence-electron chi connectivity index (χ3n) is 1.78. The first-order valence-corrected chi connectivity index (χ1v) is 4.87. The molecule has 0 aliphatic rings. The van der Waals surface area contributed by atoms with Crippen molar-refractivity contribution in [1.82, 2.24) is 19.6 Å². The van der Waals surface area contributed by atoms with E-state index in [1.165, 1.54) is 17.3 Å². The predicted octanol–water partition coefficient (Wildman–Crippen LogP) is 1.18. The molecule has 2 heterocycles. The molecule has 0 spiro atoms. The predicted molar refractivity (Wildman–Crippen MR) is 56.7 cm³/mol. The van der Waals surface area contributed by atoms with E-state index in [1.54, 1.807) is 6.92 Å². The number of carbonyl (C=O) groups is 1. The maximum Gasteiger partial charge on any atom is 0.426 e. The van der Waals surface area contributed by atoms with Crippen molar-refractivity contribution in [1.29, 1.82) is 0 Å². The topological polar surface area (TPSA) is 81.9 Å². The minimum absolute atomic E-state index is 0.231. The summed E-state index contributed by atoms with van der Waals surface area (Å²) in [6, 6.07) is 0. The molecule has 0 atom stereocenters. The highest BCUT2D eigenvalue weighted by Gasteiger charge is 2.10. The Balaban J connectivity index is 2.32. The average molecular weight is 242 g/mol. The third kappa shape index (κ3) is 1.89. The van der Waals surface area contributed by atoms with Crippen LogP contribution in [0.2, 0.25) is 5.15 Å². The summed E-state index contributed by atoms with van der Waals surface area (Å²) in [5.41, 5.74) is 3.26. The highest BCUT2D eigenvalue weighted by Crippen LogP contribution is 2.15. The minimum Gasteiger partial charge on any atom is -0.449 e. The van der Waals surface area contributed by atoms with E-state index in [-0.39, 0.29) is 11.8 Å². The van der Waals surface area contributed by atoms with Crippen LogP contribution in [0, 0.1) is 0 Å². The quantitative estimate of drug-likeness (QED) is 0.799. The van der Waals surface area contributed by atoms with E-state index in [2.05, 4.69) is 20.4 Å². The number of hydrogen-bond donors (Lipinski definition) is 1. The van der Waals surface area contributed by atoms with Crippen LogP contribution in [0.5, 0.6) is 0 Å². The number of carbonyl (C=O) groups excluding carboxylic acids is 1. The number of amides is 1. The second kappa shape index (κ2) is 4.31. The summed E-state index contributed by atoms with van der Waals surface area (Å²) in [4.78, 5) is 22.9. The number of halogens is 1. The zero-order valence-corrected chi connectivity index (χ0v) is 9.10. The van der Waals surface area contributed by atoms with Crippen LogP contribution in [0.15, 0.2) is 12.7 Å². The lowest BCUT2D eigenvalue weighted by molar-refractivity contribution is 0.164. The van der Waals surface area contributed by atoms with Crippen molar-refractivity contribution in [3.63, 3.8) is 0 Å². The largest absolute Gasteiger partial charge is 0.449 e. The summed E-state index contributed by atoms with van der Waals surface area (Å²) in [6.07, 6.45) is 2.08. The molecule has 7 nitrogen and oxygen atoms in total. The first-order valence-electron chi connectivity index (χ1n) is 4.49. The Morgan fingerprint density at radius 2 is 2.38 bits per heavy atom. The van der Waals surface area contributed by atoms with Gasteiger partial charge in [-0.3, -0.25) is 0 Å².